The maximum atomic E-state index is 10.0. The Morgan fingerprint density at radius 3 is 2.11 bits per heavy atom. The fourth-order valence-corrected chi connectivity index (χ4v) is 2.11. The number of aromatic hydroxyl groups is 1. The van der Waals surface area contributed by atoms with Gasteiger partial charge in [0.15, 0.2) is 0 Å². The minimum absolute atomic E-state index is 0.0208. The van der Waals surface area contributed by atoms with Crippen molar-refractivity contribution < 1.29 is 44.9 Å². The van der Waals surface area contributed by atoms with Crippen LogP contribution < -0.4 is 10.5 Å². The number of ether oxygens (including phenoxy) is 2. The van der Waals surface area contributed by atoms with Crippen molar-refractivity contribution >= 4 is 5.97 Å². The van der Waals surface area contributed by atoms with Gasteiger partial charge in [0.05, 0.1) is 6.61 Å². The number of nitrogens with two attached hydrogens (primary N) is 1. The summed E-state index contributed by atoms with van der Waals surface area (Å²) in [5, 5.41) is 55.3. The van der Waals surface area contributed by atoms with Gasteiger partial charge in [0, 0.05) is 0 Å². The Hall–Kier alpha value is -1.95. The molecule has 27 heavy (non-hydrogen) atoms. The molecule has 0 aromatic heterocycles. The van der Waals surface area contributed by atoms with E-state index >= 15 is 0 Å². The second kappa shape index (κ2) is 10.4. The minimum atomic E-state index is -1.48. The van der Waals surface area contributed by atoms with Crippen LogP contribution in [0.1, 0.15) is 13.8 Å². The smallest absolute Gasteiger partial charge is 0.320 e. The van der Waals surface area contributed by atoms with Gasteiger partial charge in [-0.1, -0.05) is 13.8 Å². The third-order valence-corrected chi connectivity index (χ3v) is 3.94. The molecule has 10 nitrogen and oxygen atoms in total. The second-order valence-corrected chi connectivity index (χ2v) is 6.42. The molecule has 1 aliphatic heterocycles. The summed E-state index contributed by atoms with van der Waals surface area (Å²) < 4.78 is 10.5. The van der Waals surface area contributed by atoms with Crippen molar-refractivity contribution in [1.29, 1.82) is 0 Å². The van der Waals surface area contributed by atoms with Crippen molar-refractivity contribution in [2.24, 2.45) is 11.7 Å². The first-order valence-corrected chi connectivity index (χ1v) is 8.33. The number of hydrogen-bond donors (Lipinski definition) is 7. The minimum Gasteiger partial charge on any atom is -0.508 e. The van der Waals surface area contributed by atoms with Crippen molar-refractivity contribution in [2.75, 3.05) is 6.61 Å². The number of phenolic OH excluding ortho intramolecular Hbond substituents is 1. The number of carbonyl (C=O) groups is 1. The number of aliphatic hydroxyl groups is 4. The molecular formula is C17H27NO9. The monoisotopic (exact) mass is 389 g/mol. The van der Waals surface area contributed by atoms with Gasteiger partial charge in [-0.3, -0.25) is 4.79 Å². The van der Waals surface area contributed by atoms with E-state index in [1.807, 2.05) is 0 Å². The average Bonchev–Trinajstić information content (AvgIpc) is 2.63. The standard InChI is InChI=1S/C12H16O7.C5H11NO2/c13-5-8-9(15)10(16)11(17)12(19-8)18-7-3-1-6(14)2-4-7;1-3(2)4(6)5(7)8/h1-4,8-17H,5H2;3-4H,6H2,1-2H3,(H,7,8)/t8-,9-,10+,11-,12-;4-/m10/s1. The van der Waals surface area contributed by atoms with Crippen molar-refractivity contribution in [3.05, 3.63) is 24.3 Å². The molecule has 154 valence electrons. The summed E-state index contributed by atoms with van der Waals surface area (Å²) in [5.74, 6) is -0.546. The lowest BCUT2D eigenvalue weighted by Crippen LogP contribution is -2.60. The van der Waals surface area contributed by atoms with Crippen molar-refractivity contribution in [1.82, 2.24) is 0 Å². The van der Waals surface area contributed by atoms with E-state index in [-0.39, 0.29) is 11.7 Å². The Balaban J connectivity index is 0.000000387. The Morgan fingerprint density at radius 1 is 1.15 bits per heavy atom. The molecule has 0 radical (unpaired) electrons. The fraction of sp³-hybridized carbons (Fsp3) is 0.588. The fourth-order valence-electron chi connectivity index (χ4n) is 2.11. The maximum absolute atomic E-state index is 10.0. The van der Waals surface area contributed by atoms with E-state index in [9.17, 15) is 20.1 Å². The van der Waals surface area contributed by atoms with E-state index in [2.05, 4.69) is 0 Å². The van der Waals surface area contributed by atoms with Crippen LogP contribution in [0.4, 0.5) is 0 Å². The van der Waals surface area contributed by atoms with E-state index < -0.39 is 49.3 Å². The zero-order valence-corrected chi connectivity index (χ0v) is 15.0. The molecule has 6 atom stereocenters. The summed E-state index contributed by atoms with van der Waals surface area (Å²) in [7, 11) is 0. The van der Waals surface area contributed by atoms with Gasteiger partial charge in [0.1, 0.15) is 42.0 Å². The molecule has 1 aromatic rings. The summed E-state index contributed by atoms with van der Waals surface area (Å²) >= 11 is 0. The topological polar surface area (TPSA) is 183 Å². The van der Waals surface area contributed by atoms with Crippen LogP contribution in [0.3, 0.4) is 0 Å². The van der Waals surface area contributed by atoms with Crippen LogP contribution in [-0.4, -0.2) is 80.0 Å². The average molecular weight is 389 g/mol. The van der Waals surface area contributed by atoms with E-state index in [1.165, 1.54) is 24.3 Å². The van der Waals surface area contributed by atoms with Crippen LogP contribution in [0.5, 0.6) is 11.5 Å². The molecule has 1 aliphatic rings. The molecule has 0 bridgehead atoms. The Kier molecular flexibility index (Phi) is 8.89. The summed E-state index contributed by atoms with van der Waals surface area (Å²) in [6, 6.07) is 4.97. The maximum Gasteiger partial charge on any atom is 0.320 e. The third kappa shape index (κ3) is 6.61. The predicted octanol–water partition coefficient (Wildman–Crippen LogP) is -1.37. The number of carboxylic acid groups (broad SMARTS) is 1. The van der Waals surface area contributed by atoms with E-state index in [0.29, 0.717) is 5.75 Å². The zero-order chi connectivity index (χ0) is 20.7. The molecule has 8 N–H and O–H groups in total. The van der Waals surface area contributed by atoms with Gasteiger partial charge < -0.3 is 45.8 Å². The Morgan fingerprint density at radius 2 is 1.70 bits per heavy atom. The zero-order valence-electron chi connectivity index (χ0n) is 15.0. The van der Waals surface area contributed by atoms with E-state index in [1.54, 1.807) is 13.8 Å². The van der Waals surface area contributed by atoms with Gasteiger partial charge in [-0.2, -0.15) is 0 Å². The second-order valence-electron chi connectivity index (χ2n) is 6.42. The van der Waals surface area contributed by atoms with Crippen LogP contribution in [0, 0.1) is 5.92 Å². The van der Waals surface area contributed by atoms with Crippen molar-refractivity contribution in [2.45, 2.75) is 50.6 Å². The van der Waals surface area contributed by atoms with E-state index in [0.717, 1.165) is 0 Å². The van der Waals surface area contributed by atoms with E-state index in [4.69, 9.17) is 30.5 Å². The number of aliphatic hydroxyl groups excluding tert-OH is 4. The number of hydrogen-bond acceptors (Lipinski definition) is 9. The first-order valence-electron chi connectivity index (χ1n) is 8.33. The third-order valence-electron chi connectivity index (χ3n) is 3.94. The lowest BCUT2D eigenvalue weighted by molar-refractivity contribution is -0.277. The molecule has 1 aromatic carbocycles. The summed E-state index contributed by atoms with van der Waals surface area (Å²) in [5.41, 5.74) is 5.16. The van der Waals surface area contributed by atoms with Gasteiger partial charge >= 0.3 is 5.97 Å². The highest BCUT2D eigenvalue weighted by atomic mass is 16.7. The van der Waals surface area contributed by atoms with Gasteiger partial charge in [0.25, 0.3) is 0 Å². The van der Waals surface area contributed by atoms with Gasteiger partial charge in [-0.05, 0) is 30.2 Å². The largest absolute Gasteiger partial charge is 0.508 e. The first kappa shape index (κ1) is 23.1. The summed E-state index contributed by atoms with van der Waals surface area (Å²) in [6.07, 6.45) is -6.58. The lowest BCUT2D eigenvalue weighted by Gasteiger charge is -2.39. The van der Waals surface area contributed by atoms with Crippen LogP contribution >= 0.6 is 0 Å². The van der Waals surface area contributed by atoms with Crippen LogP contribution in [0.15, 0.2) is 24.3 Å². The highest BCUT2D eigenvalue weighted by Gasteiger charge is 2.44. The van der Waals surface area contributed by atoms with Gasteiger partial charge in [-0.15, -0.1) is 0 Å². The molecule has 1 fully saturated rings. The number of carboxylic acids is 1. The first-order chi connectivity index (χ1) is 12.6. The molecular weight excluding hydrogens is 362 g/mol. The van der Waals surface area contributed by atoms with Crippen molar-refractivity contribution in [3.63, 3.8) is 0 Å². The summed E-state index contributed by atoms with van der Waals surface area (Å²) in [4.78, 5) is 10.0. The van der Waals surface area contributed by atoms with Crippen LogP contribution in [-0.2, 0) is 9.53 Å². The van der Waals surface area contributed by atoms with Gasteiger partial charge in [0.2, 0.25) is 6.29 Å². The number of rotatable bonds is 5. The molecule has 0 amide bonds. The Labute approximate surface area is 156 Å². The molecule has 0 unspecified atom stereocenters. The summed E-state index contributed by atoms with van der Waals surface area (Å²) in [6.45, 7) is 3.04. The van der Waals surface area contributed by atoms with Crippen LogP contribution in [0.25, 0.3) is 0 Å². The molecule has 1 saturated heterocycles. The van der Waals surface area contributed by atoms with Crippen molar-refractivity contribution in [3.8, 4) is 11.5 Å². The number of phenols is 1. The normalized spacial score (nSPS) is 28.8. The highest BCUT2D eigenvalue weighted by Crippen LogP contribution is 2.25. The molecule has 10 heteroatoms. The number of benzene rings is 1. The quantitative estimate of drug-likeness (QED) is 0.317. The highest BCUT2D eigenvalue weighted by molar-refractivity contribution is 5.73. The molecule has 0 spiro atoms. The molecule has 2 rings (SSSR count). The molecule has 0 aliphatic carbocycles. The molecule has 1 heterocycles. The predicted molar refractivity (Wildman–Crippen MR) is 93.0 cm³/mol. The van der Waals surface area contributed by atoms with Crippen LogP contribution in [0.2, 0.25) is 0 Å². The SMILES string of the molecule is CC(C)[C@H](N)C(=O)O.OC[C@H]1O[C@@H](Oc2ccc(O)cc2)[C@H](O)[C@@H](O)[C@@H]1O. The van der Waals surface area contributed by atoms with Gasteiger partial charge in [-0.25, -0.2) is 0 Å². The molecule has 0 saturated carbocycles. The lowest BCUT2D eigenvalue weighted by atomic mass is 9.99. The number of aliphatic carboxylic acids is 1. The Bertz CT molecular complexity index is 578.